The van der Waals surface area contributed by atoms with Crippen molar-refractivity contribution in [2.75, 3.05) is 33.1 Å². The second-order valence-corrected chi connectivity index (χ2v) is 6.00. The minimum atomic E-state index is -0.364. The number of methoxy groups -OCH3 is 1. The van der Waals surface area contributed by atoms with Gasteiger partial charge in [-0.05, 0) is 18.9 Å². The molecule has 1 aromatic rings. The third-order valence-electron chi connectivity index (χ3n) is 3.87. The quantitative estimate of drug-likeness (QED) is 0.603. The maximum atomic E-state index is 11.9. The molecule has 1 amide bonds. The lowest BCUT2D eigenvalue weighted by molar-refractivity contribution is -0.140. The van der Waals surface area contributed by atoms with Crippen LogP contribution in [0.2, 0.25) is 0 Å². The molecule has 7 nitrogen and oxygen atoms in total. The van der Waals surface area contributed by atoms with Crippen LogP contribution in [0.25, 0.3) is 0 Å². The minimum Gasteiger partial charge on any atom is -0.380 e. The monoisotopic (exact) mass is 334 g/mol. The summed E-state index contributed by atoms with van der Waals surface area (Å²) in [5, 5.41) is 3.09. The molecule has 1 aromatic carbocycles. The highest BCUT2D eigenvalue weighted by atomic mass is 16.5. The van der Waals surface area contributed by atoms with Crippen LogP contribution in [0.5, 0.6) is 0 Å². The van der Waals surface area contributed by atoms with Gasteiger partial charge in [0, 0.05) is 32.5 Å². The molecule has 1 saturated heterocycles. The Morgan fingerprint density at radius 3 is 2.88 bits per heavy atom. The smallest absolute Gasteiger partial charge is 0.251 e. The predicted octanol–water partition coefficient (Wildman–Crippen LogP) is 1.20. The molecule has 1 aliphatic rings. The van der Waals surface area contributed by atoms with Crippen LogP contribution >= 0.6 is 0 Å². The van der Waals surface area contributed by atoms with Crippen molar-refractivity contribution in [3.8, 4) is 0 Å². The van der Waals surface area contributed by atoms with E-state index in [1.165, 1.54) is 0 Å². The maximum absolute atomic E-state index is 11.9. The molecule has 0 spiro atoms. The minimum absolute atomic E-state index is 0.000990. The van der Waals surface area contributed by atoms with Crippen molar-refractivity contribution in [1.29, 1.82) is 0 Å². The number of carbonyl (C=O) groups excluding carboxylic acids is 1. The average molecular weight is 334 g/mol. The first kappa shape index (κ1) is 18.2. The number of likely N-dealkylation sites (N-methyl/N-ethyl adjacent to an activating group) is 1. The van der Waals surface area contributed by atoms with E-state index < -0.39 is 0 Å². The summed E-state index contributed by atoms with van der Waals surface area (Å²) in [5.41, 5.74) is 7.83. The zero-order valence-electron chi connectivity index (χ0n) is 14.5. The summed E-state index contributed by atoms with van der Waals surface area (Å²) >= 11 is 0. The van der Waals surface area contributed by atoms with E-state index in [1.807, 2.05) is 24.3 Å². The molecule has 2 unspecified atom stereocenters. The van der Waals surface area contributed by atoms with Crippen LogP contribution in [0.3, 0.4) is 0 Å². The number of benzene rings is 1. The number of ether oxygens (including phenoxy) is 2. The highest BCUT2D eigenvalue weighted by Gasteiger charge is 2.31. The van der Waals surface area contributed by atoms with Gasteiger partial charge in [0.25, 0.3) is 5.91 Å². The average Bonchev–Trinajstić information content (AvgIpc) is 3.03. The van der Waals surface area contributed by atoms with Gasteiger partial charge in [0.2, 0.25) is 0 Å². The first-order valence-electron chi connectivity index (χ1n) is 8.01. The summed E-state index contributed by atoms with van der Waals surface area (Å²) in [4.78, 5) is 17.8. The SMILES string of the molecule is COCc1ccccc1NC(N)=NCC1CCC(C(=O)N(C)C)O1. The molecule has 24 heavy (non-hydrogen) atoms. The Balaban J connectivity index is 1.88. The van der Waals surface area contributed by atoms with Crippen LogP contribution in [0.4, 0.5) is 5.69 Å². The van der Waals surface area contributed by atoms with Gasteiger partial charge in [-0.1, -0.05) is 18.2 Å². The Bertz CT molecular complexity index is 589. The molecule has 1 heterocycles. The second-order valence-electron chi connectivity index (χ2n) is 6.00. The Kier molecular flexibility index (Phi) is 6.57. The summed E-state index contributed by atoms with van der Waals surface area (Å²) in [5.74, 6) is 0.325. The number of hydrogen-bond acceptors (Lipinski definition) is 4. The molecule has 0 radical (unpaired) electrons. The number of carbonyl (C=O) groups is 1. The molecule has 2 atom stereocenters. The molecule has 2 rings (SSSR count). The summed E-state index contributed by atoms with van der Waals surface area (Å²) in [6.45, 7) is 0.930. The number of nitrogens with zero attached hydrogens (tertiary/aromatic N) is 2. The van der Waals surface area contributed by atoms with Crippen LogP contribution in [-0.4, -0.2) is 56.7 Å². The van der Waals surface area contributed by atoms with Crippen molar-refractivity contribution in [2.24, 2.45) is 10.7 Å². The van der Waals surface area contributed by atoms with Gasteiger partial charge < -0.3 is 25.4 Å². The van der Waals surface area contributed by atoms with Crippen LogP contribution in [0.15, 0.2) is 29.3 Å². The van der Waals surface area contributed by atoms with E-state index in [2.05, 4.69) is 10.3 Å². The van der Waals surface area contributed by atoms with E-state index >= 15 is 0 Å². The zero-order chi connectivity index (χ0) is 17.5. The first-order valence-corrected chi connectivity index (χ1v) is 8.01. The highest BCUT2D eigenvalue weighted by Crippen LogP contribution is 2.21. The third-order valence-corrected chi connectivity index (χ3v) is 3.87. The van der Waals surface area contributed by atoms with Gasteiger partial charge in [-0.15, -0.1) is 0 Å². The van der Waals surface area contributed by atoms with Gasteiger partial charge in [0.15, 0.2) is 5.96 Å². The van der Waals surface area contributed by atoms with Gasteiger partial charge in [0.1, 0.15) is 6.10 Å². The van der Waals surface area contributed by atoms with Gasteiger partial charge in [-0.3, -0.25) is 9.79 Å². The van der Waals surface area contributed by atoms with E-state index in [4.69, 9.17) is 15.2 Å². The molecule has 0 aromatic heterocycles. The normalized spacial score (nSPS) is 20.9. The Morgan fingerprint density at radius 1 is 1.42 bits per heavy atom. The Hall–Kier alpha value is -2.12. The summed E-state index contributed by atoms with van der Waals surface area (Å²) < 4.78 is 10.9. The standard InChI is InChI=1S/C17H26N4O3/c1-21(2)16(22)15-9-8-13(24-15)10-19-17(18)20-14-7-5-4-6-12(14)11-23-3/h4-7,13,15H,8-11H2,1-3H3,(H3,18,19,20). The number of nitrogens with two attached hydrogens (primary N) is 1. The molecular formula is C17H26N4O3. The van der Waals surface area contributed by atoms with Crippen molar-refractivity contribution in [3.63, 3.8) is 0 Å². The molecule has 1 fully saturated rings. The third kappa shape index (κ3) is 4.94. The van der Waals surface area contributed by atoms with E-state index in [-0.39, 0.29) is 18.1 Å². The number of aliphatic imine (C=N–C) groups is 1. The number of para-hydroxylation sites is 1. The lowest BCUT2D eigenvalue weighted by Crippen LogP contribution is -2.34. The number of guanidine groups is 1. The topological polar surface area (TPSA) is 89.2 Å². The summed E-state index contributed by atoms with van der Waals surface area (Å²) in [7, 11) is 5.12. The van der Waals surface area contributed by atoms with Gasteiger partial charge in [-0.2, -0.15) is 0 Å². The molecular weight excluding hydrogens is 308 g/mol. The van der Waals surface area contributed by atoms with E-state index in [0.717, 1.165) is 24.1 Å². The van der Waals surface area contributed by atoms with Crippen molar-refractivity contribution in [1.82, 2.24) is 4.90 Å². The van der Waals surface area contributed by atoms with Crippen molar-refractivity contribution in [2.45, 2.75) is 31.7 Å². The van der Waals surface area contributed by atoms with Crippen LogP contribution in [0.1, 0.15) is 18.4 Å². The van der Waals surface area contributed by atoms with E-state index in [0.29, 0.717) is 19.1 Å². The van der Waals surface area contributed by atoms with Gasteiger partial charge in [0.05, 0.1) is 19.3 Å². The van der Waals surface area contributed by atoms with Crippen molar-refractivity contribution in [3.05, 3.63) is 29.8 Å². The van der Waals surface area contributed by atoms with Gasteiger partial charge >= 0.3 is 0 Å². The molecule has 1 aliphatic heterocycles. The van der Waals surface area contributed by atoms with Gasteiger partial charge in [-0.25, -0.2) is 0 Å². The summed E-state index contributed by atoms with van der Waals surface area (Å²) in [6, 6.07) is 7.76. The number of hydrogen-bond donors (Lipinski definition) is 2. The molecule has 3 N–H and O–H groups in total. The second kappa shape index (κ2) is 8.65. The predicted molar refractivity (Wildman–Crippen MR) is 93.9 cm³/mol. The van der Waals surface area contributed by atoms with E-state index in [1.54, 1.807) is 26.1 Å². The molecule has 7 heteroatoms. The maximum Gasteiger partial charge on any atom is 0.251 e. The first-order chi connectivity index (χ1) is 11.5. The molecule has 0 bridgehead atoms. The number of rotatable bonds is 6. The molecule has 132 valence electrons. The Morgan fingerprint density at radius 2 is 2.17 bits per heavy atom. The van der Waals surface area contributed by atoms with Crippen LogP contribution < -0.4 is 11.1 Å². The largest absolute Gasteiger partial charge is 0.380 e. The number of amides is 1. The highest BCUT2D eigenvalue weighted by molar-refractivity contribution is 5.93. The lowest BCUT2D eigenvalue weighted by Gasteiger charge is -2.16. The van der Waals surface area contributed by atoms with Crippen molar-refractivity contribution >= 4 is 17.6 Å². The van der Waals surface area contributed by atoms with E-state index in [9.17, 15) is 4.79 Å². The van der Waals surface area contributed by atoms with Crippen molar-refractivity contribution < 1.29 is 14.3 Å². The molecule has 0 saturated carbocycles. The summed E-state index contributed by atoms with van der Waals surface area (Å²) in [6.07, 6.45) is 1.09. The Labute approximate surface area is 142 Å². The fourth-order valence-corrected chi connectivity index (χ4v) is 2.61. The van der Waals surface area contributed by atoms with Crippen LogP contribution in [-0.2, 0) is 20.9 Å². The number of nitrogens with one attached hydrogen (secondary N) is 1. The fraction of sp³-hybridized carbons (Fsp3) is 0.529. The van der Waals surface area contributed by atoms with Crippen LogP contribution in [0, 0.1) is 0 Å². The lowest BCUT2D eigenvalue weighted by atomic mass is 10.2. The fourth-order valence-electron chi connectivity index (χ4n) is 2.61. The molecule has 0 aliphatic carbocycles. The zero-order valence-corrected chi connectivity index (χ0v) is 14.5. The number of anilines is 1.